The average molecular weight is 212 g/mol. The molecule has 0 spiro atoms. The second-order valence-corrected chi connectivity index (χ2v) is 4.47. The normalized spacial score (nSPS) is 13.2. The highest BCUT2D eigenvalue weighted by Crippen LogP contribution is 2.21. The molecular formula is C11H20N2O2. The van der Waals surface area contributed by atoms with Crippen molar-refractivity contribution in [3.8, 4) is 6.07 Å². The predicted molar refractivity (Wildman–Crippen MR) is 58.3 cm³/mol. The second kappa shape index (κ2) is 6.41. The highest BCUT2D eigenvalue weighted by Gasteiger charge is 2.15. The molecule has 15 heavy (non-hydrogen) atoms. The third kappa shape index (κ3) is 6.92. The summed E-state index contributed by atoms with van der Waals surface area (Å²) in [6.07, 6.45) is 2.70. The van der Waals surface area contributed by atoms with Gasteiger partial charge in [-0.2, -0.15) is 5.26 Å². The molecule has 1 atom stereocenters. The molecule has 0 saturated heterocycles. The van der Waals surface area contributed by atoms with Gasteiger partial charge in [0.1, 0.15) is 6.04 Å². The van der Waals surface area contributed by atoms with E-state index in [4.69, 9.17) is 10.4 Å². The van der Waals surface area contributed by atoms with Gasteiger partial charge >= 0.3 is 5.97 Å². The topological polar surface area (TPSA) is 73.1 Å². The van der Waals surface area contributed by atoms with E-state index in [1.807, 2.05) is 13.8 Å². The van der Waals surface area contributed by atoms with E-state index in [1.54, 1.807) is 6.92 Å². The van der Waals surface area contributed by atoms with Gasteiger partial charge < -0.3 is 10.4 Å². The zero-order valence-corrected chi connectivity index (χ0v) is 9.71. The van der Waals surface area contributed by atoms with Crippen LogP contribution in [0.25, 0.3) is 0 Å². The van der Waals surface area contributed by atoms with Crippen LogP contribution in [0.1, 0.15) is 40.0 Å². The molecule has 0 aromatic rings. The Morgan fingerprint density at radius 2 is 2.13 bits per heavy atom. The number of carboxylic acids is 1. The van der Waals surface area contributed by atoms with Gasteiger partial charge in [-0.15, -0.1) is 0 Å². The van der Waals surface area contributed by atoms with Gasteiger partial charge in [0.25, 0.3) is 0 Å². The van der Waals surface area contributed by atoms with Crippen LogP contribution in [0.15, 0.2) is 0 Å². The van der Waals surface area contributed by atoms with Gasteiger partial charge in [-0.25, -0.2) is 0 Å². The van der Waals surface area contributed by atoms with Gasteiger partial charge in [0, 0.05) is 0 Å². The summed E-state index contributed by atoms with van der Waals surface area (Å²) in [5.74, 6) is -0.827. The van der Waals surface area contributed by atoms with E-state index < -0.39 is 12.0 Å². The van der Waals surface area contributed by atoms with Crippen molar-refractivity contribution in [2.24, 2.45) is 5.41 Å². The van der Waals surface area contributed by atoms with Crippen molar-refractivity contribution in [2.75, 3.05) is 6.54 Å². The minimum atomic E-state index is -0.827. The van der Waals surface area contributed by atoms with Gasteiger partial charge in [-0.3, -0.25) is 4.79 Å². The lowest BCUT2D eigenvalue weighted by molar-refractivity contribution is -0.138. The molecule has 0 aromatic heterocycles. The number of hydrogen-bond donors (Lipinski definition) is 2. The molecule has 0 aliphatic carbocycles. The Morgan fingerprint density at radius 1 is 1.53 bits per heavy atom. The first kappa shape index (κ1) is 13.9. The standard InChI is InChI=1S/C11H20N2O2/c1-9(10(14)15)13-7-5-4-6-11(2,3)8-12/h9,13H,4-7H2,1-3H3,(H,14,15)/t9-/m0/s1. The van der Waals surface area contributed by atoms with E-state index in [0.717, 1.165) is 19.3 Å². The van der Waals surface area contributed by atoms with E-state index in [0.29, 0.717) is 6.54 Å². The number of carboxylic acid groups (broad SMARTS) is 1. The molecular weight excluding hydrogens is 192 g/mol. The van der Waals surface area contributed by atoms with Crippen molar-refractivity contribution in [3.05, 3.63) is 0 Å². The van der Waals surface area contributed by atoms with Crippen molar-refractivity contribution in [1.82, 2.24) is 5.32 Å². The molecule has 0 amide bonds. The molecule has 0 aromatic carbocycles. The number of rotatable bonds is 7. The molecule has 2 N–H and O–H groups in total. The number of carbonyl (C=O) groups is 1. The van der Waals surface area contributed by atoms with E-state index in [-0.39, 0.29) is 5.41 Å². The maximum Gasteiger partial charge on any atom is 0.320 e. The third-order valence-corrected chi connectivity index (χ3v) is 2.35. The SMILES string of the molecule is C[C@H](NCCCCC(C)(C)C#N)C(=O)O. The fourth-order valence-corrected chi connectivity index (χ4v) is 1.15. The Bertz CT molecular complexity index is 243. The molecule has 0 aliphatic heterocycles. The number of aliphatic carboxylic acids is 1. The summed E-state index contributed by atoms with van der Waals surface area (Å²) in [5, 5.41) is 20.3. The Hall–Kier alpha value is -1.08. The molecule has 0 saturated carbocycles. The highest BCUT2D eigenvalue weighted by molar-refractivity contribution is 5.72. The van der Waals surface area contributed by atoms with E-state index >= 15 is 0 Å². The Morgan fingerprint density at radius 3 is 2.60 bits per heavy atom. The van der Waals surface area contributed by atoms with Gasteiger partial charge in [-0.1, -0.05) is 6.42 Å². The zero-order chi connectivity index (χ0) is 11.9. The molecule has 0 radical (unpaired) electrons. The fourth-order valence-electron chi connectivity index (χ4n) is 1.15. The Kier molecular flexibility index (Phi) is 5.95. The fraction of sp³-hybridized carbons (Fsp3) is 0.818. The maximum atomic E-state index is 10.5. The largest absolute Gasteiger partial charge is 0.480 e. The summed E-state index contributed by atoms with van der Waals surface area (Å²) in [4.78, 5) is 10.5. The number of nitrogens with one attached hydrogen (secondary N) is 1. The summed E-state index contributed by atoms with van der Waals surface area (Å²) < 4.78 is 0. The first-order valence-electron chi connectivity index (χ1n) is 5.26. The lowest BCUT2D eigenvalue weighted by Crippen LogP contribution is -2.34. The molecule has 4 heteroatoms. The minimum absolute atomic E-state index is 0.265. The van der Waals surface area contributed by atoms with E-state index in [2.05, 4.69) is 11.4 Å². The molecule has 0 unspecified atom stereocenters. The average Bonchev–Trinajstić information content (AvgIpc) is 2.16. The quantitative estimate of drug-likeness (QED) is 0.631. The van der Waals surface area contributed by atoms with Crippen LogP contribution in [0.2, 0.25) is 0 Å². The van der Waals surface area contributed by atoms with Crippen LogP contribution >= 0.6 is 0 Å². The monoisotopic (exact) mass is 212 g/mol. The predicted octanol–water partition coefficient (Wildman–Crippen LogP) is 1.77. The van der Waals surface area contributed by atoms with Crippen LogP contribution in [-0.2, 0) is 4.79 Å². The summed E-state index contributed by atoms with van der Waals surface area (Å²) in [7, 11) is 0. The number of hydrogen-bond acceptors (Lipinski definition) is 3. The van der Waals surface area contributed by atoms with Crippen molar-refractivity contribution >= 4 is 5.97 Å². The maximum absolute atomic E-state index is 10.5. The molecule has 0 bridgehead atoms. The van der Waals surface area contributed by atoms with Crippen LogP contribution in [0.4, 0.5) is 0 Å². The van der Waals surface area contributed by atoms with Crippen molar-refractivity contribution in [2.45, 2.75) is 46.1 Å². The van der Waals surface area contributed by atoms with E-state index in [1.165, 1.54) is 0 Å². The summed E-state index contributed by atoms with van der Waals surface area (Å²) in [5.41, 5.74) is -0.265. The lowest BCUT2D eigenvalue weighted by atomic mass is 9.89. The van der Waals surface area contributed by atoms with Crippen LogP contribution < -0.4 is 5.32 Å². The minimum Gasteiger partial charge on any atom is -0.480 e. The van der Waals surface area contributed by atoms with E-state index in [9.17, 15) is 4.79 Å². The lowest BCUT2D eigenvalue weighted by Gasteiger charge is -2.14. The molecule has 86 valence electrons. The Balaban J connectivity index is 3.49. The molecule has 0 heterocycles. The summed E-state index contributed by atoms with van der Waals surface area (Å²) in [6, 6.07) is 1.75. The Labute approximate surface area is 91.3 Å². The first-order valence-corrected chi connectivity index (χ1v) is 5.26. The van der Waals surface area contributed by atoms with Crippen LogP contribution in [0.3, 0.4) is 0 Å². The first-order chi connectivity index (χ1) is 6.89. The number of nitrogens with zero attached hydrogens (tertiary/aromatic N) is 1. The molecule has 0 aliphatic rings. The van der Waals surface area contributed by atoms with Gasteiger partial charge in [0.2, 0.25) is 0 Å². The van der Waals surface area contributed by atoms with Crippen molar-refractivity contribution in [1.29, 1.82) is 5.26 Å². The van der Waals surface area contributed by atoms with Crippen LogP contribution in [0.5, 0.6) is 0 Å². The second-order valence-electron chi connectivity index (χ2n) is 4.47. The number of unbranched alkanes of at least 4 members (excludes halogenated alkanes) is 1. The van der Waals surface area contributed by atoms with Crippen LogP contribution in [0, 0.1) is 16.7 Å². The van der Waals surface area contributed by atoms with Gasteiger partial charge in [0.05, 0.1) is 11.5 Å². The van der Waals surface area contributed by atoms with Crippen molar-refractivity contribution < 1.29 is 9.90 Å². The number of nitriles is 1. The van der Waals surface area contributed by atoms with Crippen LogP contribution in [-0.4, -0.2) is 23.7 Å². The zero-order valence-electron chi connectivity index (χ0n) is 9.71. The van der Waals surface area contributed by atoms with Gasteiger partial charge in [-0.05, 0) is 40.2 Å². The third-order valence-electron chi connectivity index (χ3n) is 2.35. The summed E-state index contributed by atoms with van der Waals surface area (Å²) >= 11 is 0. The highest BCUT2D eigenvalue weighted by atomic mass is 16.4. The molecule has 4 nitrogen and oxygen atoms in total. The smallest absolute Gasteiger partial charge is 0.320 e. The molecule has 0 fully saturated rings. The summed E-state index contributed by atoms with van der Waals surface area (Å²) in [6.45, 7) is 6.15. The van der Waals surface area contributed by atoms with Gasteiger partial charge in [0.15, 0.2) is 0 Å². The molecule has 0 rings (SSSR count). The van der Waals surface area contributed by atoms with Crippen molar-refractivity contribution in [3.63, 3.8) is 0 Å².